The van der Waals surface area contributed by atoms with E-state index in [0.717, 1.165) is 11.3 Å². The fraction of sp³-hybridized carbons (Fsp3) is 0.467. The van der Waals surface area contributed by atoms with Gasteiger partial charge in [0.2, 0.25) is 0 Å². The summed E-state index contributed by atoms with van der Waals surface area (Å²) in [4.78, 5) is 25.7. The number of rotatable bonds is 7. The van der Waals surface area contributed by atoms with E-state index in [1.807, 2.05) is 24.3 Å². The first-order valence-electron chi connectivity index (χ1n) is 6.75. The predicted octanol–water partition coefficient (Wildman–Crippen LogP) is 2.04. The standard InChI is InChI=1S/C15H22N2O4/c1-16(9-5-8-14(18)19)15(20)17(2)11-12-6-4-7-13(10-12)21-3/h4,6-7,10H,5,8-9,11H2,1-3H3,(H,18,19). The highest BCUT2D eigenvalue weighted by atomic mass is 16.5. The van der Waals surface area contributed by atoms with Gasteiger partial charge in [0.1, 0.15) is 5.75 Å². The molecule has 0 heterocycles. The molecule has 0 aromatic heterocycles. The lowest BCUT2D eigenvalue weighted by atomic mass is 10.2. The van der Waals surface area contributed by atoms with E-state index in [0.29, 0.717) is 19.5 Å². The number of ether oxygens (including phenoxy) is 1. The third kappa shape index (κ3) is 5.72. The van der Waals surface area contributed by atoms with E-state index in [4.69, 9.17) is 9.84 Å². The van der Waals surface area contributed by atoms with Gasteiger partial charge >= 0.3 is 12.0 Å². The molecule has 1 aromatic carbocycles. The number of aliphatic carboxylic acids is 1. The van der Waals surface area contributed by atoms with E-state index in [-0.39, 0.29) is 12.5 Å². The first-order chi connectivity index (χ1) is 9.93. The summed E-state index contributed by atoms with van der Waals surface area (Å²) in [6.07, 6.45) is 0.516. The summed E-state index contributed by atoms with van der Waals surface area (Å²) < 4.78 is 5.15. The molecule has 0 bridgehead atoms. The van der Waals surface area contributed by atoms with Crippen molar-refractivity contribution in [3.8, 4) is 5.75 Å². The molecule has 116 valence electrons. The number of benzene rings is 1. The minimum atomic E-state index is -0.847. The summed E-state index contributed by atoms with van der Waals surface area (Å²) in [5.74, 6) is -0.0938. The van der Waals surface area contributed by atoms with Gasteiger partial charge in [-0.05, 0) is 24.1 Å². The Morgan fingerprint density at radius 1 is 1.24 bits per heavy atom. The zero-order valence-corrected chi connectivity index (χ0v) is 12.7. The van der Waals surface area contributed by atoms with Crippen molar-refractivity contribution in [3.05, 3.63) is 29.8 Å². The van der Waals surface area contributed by atoms with Crippen LogP contribution < -0.4 is 4.74 Å². The van der Waals surface area contributed by atoms with Crippen LogP contribution in [0, 0.1) is 0 Å². The Morgan fingerprint density at radius 2 is 1.95 bits per heavy atom. The van der Waals surface area contributed by atoms with Gasteiger partial charge in [0, 0.05) is 33.6 Å². The van der Waals surface area contributed by atoms with E-state index in [1.165, 1.54) is 4.90 Å². The second kappa shape index (κ2) is 8.14. The molecule has 0 radical (unpaired) electrons. The molecule has 0 unspecified atom stereocenters. The molecule has 0 aliphatic rings. The normalized spacial score (nSPS) is 10.0. The van der Waals surface area contributed by atoms with Gasteiger partial charge in [0.05, 0.1) is 7.11 Å². The summed E-state index contributed by atoms with van der Waals surface area (Å²) in [6, 6.07) is 7.40. The van der Waals surface area contributed by atoms with Crippen molar-refractivity contribution in [2.75, 3.05) is 27.7 Å². The molecule has 0 saturated heterocycles. The number of methoxy groups -OCH3 is 1. The highest BCUT2D eigenvalue weighted by Crippen LogP contribution is 2.14. The maximum atomic E-state index is 12.2. The Morgan fingerprint density at radius 3 is 2.57 bits per heavy atom. The minimum Gasteiger partial charge on any atom is -0.497 e. The number of carbonyl (C=O) groups is 2. The number of urea groups is 1. The monoisotopic (exact) mass is 294 g/mol. The molecule has 6 nitrogen and oxygen atoms in total. The van der Waals surface area contributed by atoms with Gasteiger partial charge in [0.25, 0.3) is 0 Å². The average molecular weight is 294 g/mol. The van der Waals surface area contributed by atoms with E-state index in [9.17, 15) is 9.59 Å². The van der Waals surface area contributed by atoms with Crippen molar-refractivity contribution >= 4 is 12.0 Å². The number of carbonyl (C=O) groups excluding carboxylic acids is 1. The molecule has 6 heteroatoms. The third-order valence-electron chi connectivity index (χ3n) is 3.09. The minimum absolute atomic E-state index is 0.0667. The van der Waals surface area contributed by atoms with Gasteiger partial charge < -0.3 is 19.6 Å². The average Bonchev–Trinajstić information content (AvgIpc) is 2.46. The van der Waals surface area contributed by atoms with Gasteiger partial charge in [-0.25, -0.2) is 4.79 Å². The van der Waals surface area contributed by atoms with Gasteiger partial charge in [-0.1, -0.05) is 12.1 Å². The van der Waals surface area contributed by atoms with Crippen molar-refractivity contribution in [1.29, 1.82) is 0 Å². The molecule has 0 aliphatic carbocycles. The summed E-state index contributed by atoms with van der Waals surface area (Å²) >= 11 is 0. The number of nitrogens with zero attached hydrogens (tertiary/aromatic N) is 2. The van der Waals surface area contributed by atoms with Crippen molar-refractivity contribution in [2.24, 2.45) is 0 Å². The zero-order chi connectivity index (χ0) is 15.8. The van der Waals surface area contributed by atoms with E-state index < -0.39 is 5.97 Å². The molecule has 0 saturated carbocycles. The lowest BCUT2D eigenvalue weighted by molar-refractivity contribution is -0.137. The zero-order valence-electron chi connectivity index (χ0n) is 12.7. The summed E-state index contributed by atoms with van der Waals surface area (Å²) in [6.45, 7) is 0.896. The molecule has 1 aromatic rings. The van der Waals surface area contributed by atoms with E-state index >= 15 is 0 Å². The Balaban J connectivity index is 2.51. The van der Waals surface area contributed by atoms with Crippen LogP contribution in [0.5, 0.6) is 5.75 Å². The second-order valence-electron chi connectivity index (χ2n) is 4.91. The fourth-order valence-corrected chi connectivity index (χ4v) is 1.97. The molecule has 21 heavy (non-hydrogen) atoms. The maximum absolute atomic E-state index is 12.2. The lowest BCUT2D eigenvalue weighted by Crippen LogP contribution is -2.38. The van der Waals surface area contributed by atoms with Crippen LogP contribution >= 0.6 is 0 Å². The molecule has 1 rings (SSSR count). The van der Waals surface area contributed by atoms with Crippen LogP contribution in [0.25, 0.3) is 0 Å². The molecule has 1 N–H and O–H groups in total. The van der Waals surface area contributed by atoms with Crippen LogP contribution in [0.4, 0.5) is 4.79 Å². The Hall–Kier alpha value is -2.24. The first-order valence-corrected chi connectivity index (χ1v) is 6.75. The Bertz CT molecular complexity index is 490. The van der Waals surface area contributed by atoms with Gasteiger partial charge in [0.15, 0.2) is 0 Å². The van der Waals surface area contributed by atoms with E-state index in [2.05, 4.69) is 0 Å². The Kier molecular flexibility index (Phi) is 6.52. The molecule has 0 spiro atoms. The first kappa shape index (κ1) is 16.8. The molecule has 0 aliphatic heterocycles. The van der Waals surface area contributed by atoms with Crippen LogP contribution in [0.3, 0.4) is 0 Å². The van der Waals surface area contributed by atoms with Crippen molar-refractivity contribution in [1.82, 2.24) is 9.80 Å². The molecule has 0 atom stereocenters. The van der Waals surface area contributed by atoms with Crippen molar-refractivity contribution < 1.29 is 19.4 Å². The summed E-state index contributed by atoms with van der Waals surface area (Å²) in [5.41, 5.74) is 0.976. The summed E-state index contributed by atoms with van der Waals surface area (Å²) in [7, 11) is 4.99. The molecule has 2 amide bonds. The van der Waals surface area contributed by atoms with E-state index in [1.54, 1.807) is 26.1 Å². The topological polar surface area (TPSA) is 70.1 Å². The highest BCUT2D eigenvalue weighted by Gasteiger charge is 2.14. The fourth-order valence-electron chi connectivity index (χ4n) is 1.97. The largest absolute Gasteiger partial charge is 0.497 e. The number of amides is 2. The molecule has 0 fully saturated rings. The second-order valence-corrected chi connectivity index (χ2v) is 4.91. The number of carboxylic acid groups (broad SMARTS) is 1. The number of hydrogen-bond donors (Lipinski definition) is 1. The van der Waals surface area contributed by atoms with Gasteiger partial charge in [-0.15, -0.1) is 0 Å². The quantitative estimate of drug-likeness (QED) is 0.835. The third-order valence-corrected chi connectivity index (χ3v) is 3.09. The van der Waals surface area contributed by atoms with Crippen LogP contribution in [-0.2, 0) is 11.3 Å². The Labute approximate surface area is 124 Å². The van der Waals surface area contributed by atoms with Crippen LogP contribution in [0.15, 0.2) is 24.3 Å². The van der Waals surface area contributed by atoms with Crippen LogP contribution in [0.2, 0.25) is 0 Å². The molecular weight excluding hydrogens is 272 g/mol. The van der Waals surface area contributed by atoms with Crippen molar-refractivity contribution in [2.45, 2.75) is 19.4 Å². The SMILES string of the molecule is COc1cccc(CN(C)C(=O)N(C)CCCC(=O)O)c1. The maximum Gasteiger partial charge on any atom is 0.319 e. The number of carboxylic acids is 1. The van der Waals surface area contributed by atoms with Gasteiger partial charge in [-0.2, -0.15) is 0 Å². The van der Waals surface area contributed by atoms with Crippen molar-refractivity contribution in [3.63, 3.8) is 0 Å². The van der Waals surface area contributed by atoms with Gasteiger partial charge in [-0.3, -0.25) is 4.79 Å². The van der Waals surface area contributed by atoms with Crippen LogP contribution in [0.1, 0.15) is 18.4 Å². The lowest BCUT2D eigenvalue weighted by Gasteiger charge is -2.25. The van der Waals surface area contributed by atoms with Crippen LogP contribution in [-0.4, -0.2) is 54.7 Å². The smallest absolute Gasteiger partial charge is 0.319 e. The number of hydrogen-bond acceptors (Lipinski definition) is 3. The highest BCUT2D eigenvalue weighted by molar-refractivity contribution is 5.74. The molecular formula is C15H22N2O4. The predicted molar refractivity (Wildman–Crippen MR) is 79.4 cm³/mol. The summed E-state index contributed by atoms with van der Waals surface area (Å²) in [5, 5.41) is 8.59.